The molecule has 0 saturated carbocycles. The minimum Gasteiger partial charge on any atom is -0.478 e. The Morgan fingerprint density at radius 3 is 2.55 bits per heavy atom. The molecule has 1 amide bonds. The maximum atomic E-state index is 13.7. The molecule has 0 unspecified atom stereocenters. The van der Waals surface area contributed by atoms with Crippen LogP contribution in [0.2, 0.25) is 0 Å². The lowest BCUT2D eigenvalue weighted by Gasteiger charge is -2.10. The van der Waals surface area contributed by atoms with Crippen LogP contribution in [0.5, 0.6) is 0 Å². The fraction of sp³-hybridized carbons (Fsp3) is 0. The summed E-state index contributed by atoms with van der Waals surface area (Å²) in [6.45, 7) is 0. The van der Waals surface area contributed by atoms with Crippen molar-refractivity contribution in [2.75, 3.05) is 5.32 Å². The van der Waals surface area contributed by atoms with Gasteiger partial charge in [0.15, 0.2) is 0 Å². The fourth-order valence-electron chi connectivity index (χ4n) is 1.57. The summed E-state index contributed by atoms with van der Waals surface area (Å²) in [5, 5.41) is 11.2. The van der Waals surface area contributed by atoms with Crippen LogP contribution in [0.25, 0.3) is 0 Å². The van der Waals surface area contributed by atoms with Crippen LogP contribution in [0, 0.1) is 5.82 Å². The highest BCUT2D eigenvalue weighted by molar-refractivity contribution is 9.10. The first kappa shape index (κ1) is 14.1. The highest BCUT2D eigenvalue weighted by Gasteiger charge is 2.18. The number of amides is 1. The lowest BCUT2D eigenvalue weighted by molar-refractivity contribution is 0.0697. The van der Waals surface area contributed by atoms with Crippen molar-refractivity contribution < 1.29 is 19.1 Å². The van der Waals surface area contributed by atoms with Gasteiger partial charge in [0.2, 0.25) is 0 Å². The number of rotatable bonds is 3. The number of hydrogen-bond donors (Lipinski definition) is 2. The molecule has 1 aromatic heterocycles. The van der Waals surface area contributed by atoms with Gasteiger partial charge in [-0.05, 0) is 40.2 Å². The molecule has 2 N–H and O–H groups in total. The number of hydrogen-bond acceptors (Lipinski definition) is 3. The van der Waals surface area contributed by atoms with Gasteiger partial charge < -0.3 is 10.4 Å². The van der Waals surface area contributed by atoms with E-state index in [0.29, 0.717) is 0 Å². The van der Waals surface area contributed by atoms with Crippen molar-refractivity contribution in [1.82, 2.24) is 4.98 Å². The third kappa shape index (κ3) is 2.83. The zero-order valence-corrected chi connectivity index (χ0v) is 11.5. The fourth-order valence-corrected chi connectivity index (χ4v) is 2.00. The van der Waals surface area contributed by atoms with Gasteiger partial charge in [0.25, 0.3) is 5.91 Å². The van der Waals surface area contributed by atoms with Gasteiger partial charge in [-0.1, -0.05) is 6.07 Å². The van der Waals surface area contributed by atoms with Gasteiger partial charge in [-0.2, -0.15) is 0 Å². The number of benzene rings is 1. The molecule has 0 aliphatic carbocycles. The lowest BCUT2D eigenvalue weighted by Crippen LogP contribution is -2.17. The average molecular weight is 339 g/mol. The number of anilines is 1. The van der Waals surface area contributed by atoms with E-state index in [-0.39, 0.29) is 21.4 Å². The second-order valence-electron chi connectivity index (χ2n) is 3.76. The maximum absolute atomic E-state index is 13.7. The summed E-state index contributed by atoms with van der Waals surface area (Å²) in [6, 6.07) is 6.56. The zero-order chi connectivity index (χ0) is 14.7. The van der Waals surface area contributed by atoms with Gasteiger partial charge in [-0.15, -0.1) is 0 Å². The Labute approximate surface area is 121 Å². The van der Waals surface area contributed by atoms with Gasteiger partial charge in [-0.25, -0.2) is 14.2 Å². The highest BCUT2D eigenvalue weighted by atomic mass is 79.9. The lowest BCUT2D eigenvalue weighted by atomic mass is 10.1. The number of pyridine rings is 1. The van der Waals surface area contributed by atoms with Gasteiger partial charge in [-0.3, -0.25) is 4.79 Å². The third-order valence-electron chi connectivity index (χ3n) is 2.49. The standard InChI is InChI=1S/C13H8BrFN2O3/c14-11-8(4-2-6-16-11)12(18)17-10-7(13(19)20)3-1-5-9(10)15/h1-6H,(H,17,18)(H,19,20). The second-order valence-corrected chi connectivity index (χ2v) is 4.51. The van der Waals surface area contributed by atoms with Crippen molar-refractivity contribution in [1.29, 1.82) is 0 Å². The number of nitrogens with one attached hydrogen (secondary N) is 1. The van der Waals surface area contributed by atoms with Crippen LogP contribution in [-0.4, -0.2) is 22.0 Å². The van der Waals surface area contributed by atoms with Crippen molar-refractivity contribution >= 4 is 33.5 Å². The molecule has 102 valence electrons. The number of aromatic carboxylic acids is 1. The normalized spacial score (nSPS) is 10.1. The first-order valence-electron chi connectivity index (χ1n) is 5.44. The summed E-state index contributed by atoms with van der Waals surface area (Å²) in [7, 11) is 0. The summed E-state index contributed by atoms with van der Waals surface area (Å²) in [5.74, 6) is -2.80. The van der Waals surface area contributed by atoms with Gasteiger partial charge in [0.05, 0.1) is 16.8 Å². The molecule has 1 heterocycles. The van der Waals surface area contributed by atoms with Gasteiger partial charge >= 0.3 is 5.97 Å². The number of carbonyl (C=O) groups excluding carboxylic acids is 1. The molecule has 0 bridgehead atoms. The molecule has 0 radical (unpaired) electrons. The van der Waals surface area contributed by atoms with E-state index in [1.54, 1.807) is 6.07 Å². The summed E-state index contributed by atoms with van der Waals surface area (Å²) in [4.78, 5) is 26.9. The van der Waals surface area contributed by atoms with E-state index in [9.17, 15) is 14.0 Å². The largest absolute Gasteiger partial charge is 0.478 e. The summed E-state index contributed by atoms with van der Waals surface area (Å²) in [5.41, 5.74) is -0.522. The predicted molar refractivity (Wildman–Crippen MR) is 73.2 cm³/mol. The van der Waals surface area contributed by atoms with Crippen LogP contribution < -0.4 is 5.32 Å². The first-order chi connectivity index (χ1) is 9.50. The molecular formula is C13H8BrFN2O3. The Balaban J connectivity index is 2.38. The number of halogens is 2. The molecule has 0 saturated heterocycles. The van der Waals surface area contributed by atoms with Crippen LogP contribution in [0.4, 0.5) is 10.1 Å². The van der Waals surface area contributed by atoms with Crippen LogP contribution in [-0.2, 0) is 0 Å². The smallest absolute Gasteiger partial charge is 0.337 e. The molecule has 2 rings (SSSR count). The average Bonchev–Trinajstić information content (AvgIpc) is 2.41. The Morgan fingerprint density at radius 1 is 1.20 bits per heavy atom. The molecule has 20 heavy (non-hydrogen) atoms. The Bertz CT molecular complexity index is 691. The molecule has 0 spiro atoms. The molecule has 1 aromatic carbocycles. The van der Waals surface area contributed by atoms with Gasteiger partial charge in [0, 0.05) is 6.20 Å². The molecule has 7 heteroatoms. The third-order valence-corrected chi connectivity index (χ3v) is 3.12. The van der Waals surface area contributed by atoms with Crippen LogP contribution in [0.1, 0.15) is 20.7 Å². The topological polar surface area (TPSA) is 79.3 Å². The van der Waals surface area contributed by atoms with E-state index in [2.05, 4.69) is 26.2 Å². The Kier molecular flexibility index (Phi) is 4.09. The van der Waals surface area contributed by atoms with Crippen molar-refractivity contribution in [3.63, 3.8) is 0 Å². The quantitative estimate of drug-likeness (QED) is 0.843. The zero-order valence-electron chi connectivity index (χ0n) is 9.93. The van der Waals surface area contributed by atoms with E-state index < -0.39 is 17.7 Å². The highest BCUT2D eigenvalue weighted by Crippen LogP contribution is 2.22. The van der Waals surface area contributed by atoms with E-state index in [1.807, 2.05) is 0 Å². The molecular weight excluding hydrogens is 331 g/mol. The van der Waals surface area contributed by atoms with Crippen LogP contribution in [0.15, 0.2) is 41.1 Å². The minimum absolute atomic E-state index is 0.173. The minimum atomic E-state index is -1.33. The van der Waals surface area contributed by atoms with E-state index >= 15 is 0 Å². The van der Waals surface area contributed by atoms with Gasteiger partial charge in [0.1, 0.15) is 10.4 Å². The SMILES string of the molecule is O=C(Nc1c(F)cccc1C(=O)O)c1cccnc1Br. The molecule has 0 atom stereocenters. The maximum Gasteiger partial charge on any atom is 0.337 e. The monoisotopic (exact) mass is 338 g/mol. The molecule has 0 aliphatic heterocycles. The van der Waals surface area contributed by atoms with Crippen molar-refractivity contribution in [3.8, 4) is 0 Å². The van der Waals surface area contributed by atoms with Crippen molar-refractivity contribution in [3.05, 3.63) is 58.1 Å². The summed E-state index contributed by atoms with van der Waals surface area (Å²) >= 11 is 3.09. The molecule has 0 aliphatic rings. The number of para-hydroxylation sites is 1. The van der Waals surface area contributed by atoms with Crippen LogP contribution >= 0.6 is 15.9 Å². The van der Waals surface area contributed by atoms with Crippen molar-refractivity contribution in [2.45, 2.75) is 0 Å². The molecule has 0 fully saturated rings. The number of carboxylic acids is 1. The van der Waals surface area contributed by atoms with E-state index in [0.717, 1.165) is 6.07 Å². The first-order valence-corrected chi connectivity index (χ1v) is 6.23. The number of carbonyl (C=O) groups is 2. The van der Waals surface area contributed by atoms with E-state index in [4.69, 9.17) is 5.11 Å². The summed E-state index contributed by atoms with van der Waals surface area (Å²) < 4.78 is 14.0. The van der Waals surface area contributed by atoms with E-state index in [1.165, 1.54) is 24.4 Å². The number of carboxylic acid groups (broad SMARTS) is 1. The Morgan fingerprint density at radius 2 is 1.90 bits per heavy atom. The Hall–Kier alpha value is -2.28. The molecule has 5 nitrogen and oxygen atoms in total. The number of aromatic nitrogens is 1. The predicted octanol–water partition coefficient (Wildman–Crippen LogP) is 2.93. The molecule has 2 aromatic rings. The summed E-state index contributed by atoms with van der Waals surface area (Å²) in [6.07, 6.45) is 1.48. The van der Waals surface area contributed by atoms with Crippen molar-refractivity contribution in [2.24, 2.45) is 0 Å². The second kappa shape index (κ2) is 5.79. The van der Waals surface area contributed by atoms with Crippen LogP contribution in [0.3, 0.4) is 0 Å². The number of nitrogens with zero attached hydrogens (tertiary/aromatic N) is 1.